The third-order valence-corrected chi connectivity index (χ3v) is 3.54. The zero-order valence-electron chi connectivity index (χ0n) is 10.9. The highest BCUT2D eigenvalue weighted by atomic mass is 16.5. The van der Waals surface area contributed by atoms with Crippen molar-refractivity contribution >= 4 is 0 Å². The zero-order valence-corrected chi connectivity index (χ0v) is 10.9. The van der Waals surface area contributed by atoms with Gasteiger partial charge < -0.3 is 30.3 Å². The van der Waals surface area contributed by atoms with Crippen LogP contribution < -0.4 is 4.74 Å². The van der Waals surface area contributed by atoms with Crippen LogP contribution in [-0.2, 0) is 6.42 Å². The number of benzene rings is 2. The maximum atomic E-state index is 10.2. The van der Waals surface area contributed by atoms with Gasteiger partial charge in [-0.05, 0) is 23.8 Å². The first-order valence-electron chi connectivity index (χ1n) is 6.37. The van der Waals surface area contributed by atoms with E-state index in [0.29, 0.717) is 11.1 Å². The van der Waals surface area contributed by atoms with E-state index in [0.717, 1.165) is 0 Å². The van der Waals surface area contributed by atoms with Crippen molar-refractivity contribution in [3.05, 3.63) is 41.5 Å². The first-order valence-corrected chi connectivity index (χ1v) is 6.37. The minimum absolute atomic E-state index is 0.109. The molecule has 2 aromatic rings. The number of aliphatic hydroxyl groups is 1. The summed E-state index contributed by atoms with van der Waals surface area (Å²) in [5.41, 5.74) is 1.03. The molecule has 0 saturated heterocycles. The maximum Gasteiger partial charge on any atom is 0.200 e. The highest BCUT2D eigenvalue weighted by molar-refractivity contribution is 5.55. The fourth-order valence-electron chi connectivity index (χ4n) is 2.44. The summed E-state index contributed by atoms with van der Waals surface area (Å²) in [6, 6.07) is 6.98. The van der Waals surface area contributed by atoms with E-state index < -0.39 is 12.2 Å². The van der Waals surface area contributed by atoms with Crippen molar-refractivity contribution in [1.82, 2.24) is 0 Å². The molecule has 0 aliphatic carbocycles. The third-order valence-electron chi connectivity index (χ3n) is 3.54. The van der Waals surface area contributed by atoms with Crippen LogP contribution in [0.4, 0.5) is 0 Å². The molecule has 6 heteroatoms. The molecular formula is C15H14O6. The molecule has 0 unspecified atom stereocenters. The zero-order chi connectivity index (χ0) is 15.1. The fraction of sp³-hybridized carbons (Fsp3) is 0.200. The van der Waals surface area contributed by atoms with Gasteiger partial charge in [0.15, 0.2) is 29.1 Å². The number of aliphatic hydroxyl groups excluding tert-OH is 1. The summed E-state index contributed by atoms with van der Waals surface area (Å²) in [5, 5.41) is 48.4. The molecule has 0 fully saturated rings. The summed E-state index contributed by atoms with van der Waals surface area (Å²) >= 11 is 0. The number of phenolic OH excluding ortho intramolecular Hbond substituents is 4. The van der Waals surface area contributed by atoms with E-state index in [-0.39, 0.29) is 35.2 Å². The first-order chi connectivity index (χ1) is 9.97. The molecule has 0 saturated carbocycles. The second kappa shape index (κ2) is 4.75. The van der Waals surface area contributed by atoms with E-state index >= 15 is 0 Å². The van der Waals surface area contributed by atoms with Crippen molar-refractivity contribution in [2.45, 2.75) is 18.6 Å². The fourth-order valence-corrected chi connectivity index (χ4v) is 2.44. The highest BCUT2D eigenvalue weighted by Crippen LogP contribution is 2.45. The molecule has 0 spiro atoms. The van der Waals surface area contributed by atoms with Crippen LogP contribution in [0.25, 0.3) is 0 Å². The minimum Gasteiger partial charge on any atom is -0.504 e. The quantitative estimate of drug-likeness (QED) is 0.510. The highest BCUT2D eigenvalue weighted by Gasteiger charge is 2.32. The molecule has 1 aliphatic heterocycles. The van der Waals surface area contributed by atoms with Crippen LogP contribution in [0.5, 0.6) is 28.7 Å². The normalized spacial score (nSPS) is 20.6. The van der Waals surface area contributed by atoms with Crippen LogP contribution in [0, 0.1) is 0 Å². The summed E-state index contributed by atoms with van der Waals surface area (Å²) in [7, 11) is 0. The standard InChI is InChI=1S/C15H14O6/c16-9-3-1-7(5-11(9)18)14-12(19)6-8-2-4-10(17)13(20)15(8)21-14/h1-5,12,14,16-20H,6H2/t12-,14+/m0/s1. The molecule has 110 valence electrons. The van der Waals surface area contributed by atoms with E-state index in [9.17, 15) is 25.5 Å². The molecule has 0 radical (unpaired) electrons. The van der Waals surface area contributed by atoms with Crippen molar-refractivity contribution in [1.29, 1.82) is 0 Å². The lowest BCUT2D eigenvalue weighted by molar-refractivity contribution is 0.0186. The molecule has 5 N–H and O–H groups in total. The Hall–Kier alpha value is -2.60. The molecule has 1 heterocycles. The van der Waals surface area contributed by atoms with Crippen LogP contribution in [0.2, 0.25) is 0 Å². The summed E-state index contributed by atoms with van der Waals surface area (Å²) in [4.78, 5) is 0. The first kappa shape index (κ1) is 13.4. The van der Waals surface area contributed by atoms with Gasteiger partial charge in [-0.25, -0.2) is 0 Å². The monoisotopic (exact) mass is 290 g/mol. The van der Waals surface area contributed by atoms with Gasteiger partial charge in [-0.3, -0.25) is 0 Å². The van der Waals surface area contributed by atoms with Crippen molar-refractivity contribution in [2.24, 2.45) is 0 Å². The van der Waals surface area contributed by atoms with Gasteiger partial charge in [0.05, 0.1) is 6.10 Å². The van der Waals surface area contributed by atoms with Crippen LogP contribution >= 0.6 is 0 Å². The van der Waals surface area contributed by atoms with Crippen molar-refractivity contribution in [3.63, 3.8) is 0 Å². The molecule has 1 aliphatic rings. The predicted molar refractivity (Wildman–Crippen MR) is 72.6 cm³/mol. The number of fused-ring (bicyclic) bond motifs is 1. The topological polar surface area (TPSA) is 110 Å². The molecule has 0 aromatic heterocycles. The van der Waals surface area contributed by atoms with Gasteiger partial charge >= 0.3 is 0 Å². The van der Waals surface area contributed by atoms with Crippen LogP contribution in [-0.4, -0.2) is 31.6 Å². The number of ether oxygens (including phenoxy) is 1. The molecule has 0 bridgehead atoms. The Labute approximate surface area is 120 Å². The molecule has 2 atom stereocenters. The van der Waals surface area contributed by atoms with Gasteiger partial charge in [-0.15, -0.1) is 0 Å². The molecule has 3 rings (SSSR count). The van der Waals surface area contributed by atoms with Crippen LogP contribution in [0.15, 0.2) is 30.3 Å². The molecular weight excluding hydrogens is 276 g/mol. The predicted octanol–water partition coefficient (Wildman–Crippen LogP) is 1.55. The average Bonchev–Trinajstić information content (AvgIpc) is 2.46. The van der Waals surface area contributed by atoms with E-state index in [1.165, 1.54) is 24.3 Å². The lowest BCUT2D eigenvalue weighted by Crippen LogP contribution is -2.30. The van der Waals surface area contributed by atoms with Crippen LogP contribution in [0.1, 0.15) is 17.2 Å². The van der Waals surface area contributed by atoms with E-state index in [1.807, 2.05) is 0 Å². The molecule has 2 aromatic carbocycles. The van der Waals surface area contributed by atoms with Crippen molar-refractivity contribution in [2.75, 3.05) is 0 Å². The van der Waals surface area contributed by atoms with E-state index in [2.05, 4.69) is 0 Å². The smallest absolute Gasteiger partial charge is 0.200 e. The number of hydrogen-bond acceptors (Lipinski definition) is 6. The average molecular weight is 290 g/mol. The number of hydrogen-bond donors (Lipinski definition) is 5. The van der Waals surface area contributed by atoms with E-state index in [4.69, 9.17) is 4.74 Å². The Bertz CT molecular complexity index is 697. The van der Waals surface area contributed by atoms with Gasteiger partial charge in [0.2, 0.25) is 5.75 Å². The lowest BCUT2D eigenvalue weighted by atomic mass is 9.94. The minimum atomic E-state index is -0.884. The molecule has 21 heavy (non-hydrogen) atoms. The number of aromatic hydroxyl groups is 4. The van der Waals surface area contributed by atoms with Gasteiger partial charge in [0, 0.05) is 12.0 Å². The van der Waals surface area contributed by atoms with Gasteiger partial charge in [-0.1, -0.05) is 12.1 Å². The Kier molecular flexibility index (Phi) is 3.03. The SMILES string of the molecule is Oc1ccc([C@H]2Oc3c(ccc(O)c3O)C[C@@H]2O)cc1O. The second-order valence-corrected chi connectivity index (χ2v) is 4.98. The Morgan fingerprint density at radius 1 is 0.905 bits per heavy atom. The second-order valence-electron chi connectivity index (χ2n) is 4.98. The largest absolute Gasteiger partial charge is 0.504 e. The number of rotatable bonds is 1. The molecule has 6 nitrogen and oxygen atoms in total. The van der Waals surface area contributed by atoms with Crippen molar-refractivity contribution < 1.29 is 30.3 Å². The van der Waals surface area contributed by atoms with Gasteiger partial charge in [0.25, 0.3) is 0 Å². The van der Waals surface area contributed by atoms with Crippen LogP contribution in [0.3, 0.4) is 0 Å². The van der Waals surface area contributed by atoms with Gasteiger partial charge in [0.1, 0.15) is 0 Å². The maximum absolute atomic E-state index is 10.2. The van der Waals surface area contributed by atoms with Gasteiger partial charge in [-0.2, -0.15) is 0 Å². The summed E-state index contributed by atoms with van der Waals surface area (Å²) in [6.07, 6.45) is -1.47. The Balaban J connectivity index is 2.01. The molecule has 0 amide bonds. The Morgan fingerprint density at radius 2 is 1.62 bits per heavy atom. The van der Waals surface area contributed by atoms with Crippen molar-refractivity contribution in [3.8, 4) is 28.7 Å². The Morgan fingerprint density at radius 3 is 2.33 bits per heavy atom. The third kappa shape index (κ3) is 2.19. The summed E-state index contributed by atoms with van der Waals surface area (Å²) < 4.78 is 5.58. The number of phenols is 4. The van der Waals surface area contributed by atoms with E-state index in [1.54, 1.807) is 6.07 Å². The summed E-state index contributed by atoms with van der Waals surface area (Å²) in [6.45, 7) is 0. The lowest BCUT2D eigenvalue weighted by Gasteiger charge is -2.31. The summed E-state index contributed by atoms with van der Waals surface area (Å²) in [5.74, 6) is -1.18.